The van der Waals surface area contributed by atoms with Gasteiger partial charge in [0.1, 0.15) is 11.5 Å². The number of fused-ring (bicyclic) bond motifs is 1. The van der Waals surface area contributed by atoms with E-state index < -0.39 is 0 Å². The number of ether oxygens (including phenoxy) is 2. The van der Waals surface area contributed by atoms with Gasteiger partial charge in [-0.15, -0.1) is 0 Å². The van der Waals surface area contributed by atoms with E-state index in [2.05, 4.69) is 17.3 Å². The van der Waals surface area contributed by atoms with Crippen LogP contribution in [-0.2, 0) is 4.79 Å². The van der Waals surface area contributed by atoms with E-state index in [-0.39, 0.29) is 11.7 Å². The highest BCUT2D eigenvalue weighted by atomic mass is 32.2. The third kappa shape index (κ3) is 4.40. The molecule has 0 unspecified atom stereocenters. The molecule has 1 N–H and O–H groups in total. The van der Waals surface area contributed by atoms with Gasteiger partial charge in [-0.3, -0.25) is 4.79 Å². The van der Waals surface area contributed by atoms with Crippen molar-refractivity contribution in [1.29, 1.82) is 0 Å². The Morgan fingerprint density at radius 2 is 1.84 bits per heavy atom. The van der Waals surface area contributed by atoms with Gasteiger partial charge in [-0.2, -0.15) is 5.10 Å². The number of carbonyl (C=O) groups excluding carboxylic acids is 1. The van der Waals surface area contributed by atoms with Gasteiger partial charge in [0.2, 0.25) is 5.91 Å². The molecule has 0 saturated heterocycles. The SMILES string of the molecule is COc1ccc(NC(=O)CSc2nc(-c3ccccc3)c3c(C)cc(C)nn23)c(OC)c1. The molecular formula is C24H24N4O3S. The zero-order valence-electron chi connectivity index (χ0n) is 18.4. The molecule has 2 aromatic heterocycles. The van der Waals surface area contributed by atoms with E-state index in [1.807, 2.05) is 47.8 Å². The number of anilines is 1. The van der Waals surface area contributed by atoms with E-state index in [4.69, 9.17) is 14.5 Å². The first-order valence-electron chi connectivity index (χ1n) is 10.1. The average molecular weight is 449 g/mol. The Kier molecular flexibility index (Phi) is 6.32. The molecule has 2 heterocycles. The molecule has 8 heteroatoms. The lowest BCUT2D eigenvalue weighted by Crippen LogP contribution is -2.15. The topological polar surface area (TPSA) is 77.8 Å². The summed E-state index contributed by atoms with van der Waals surface area (Å²) in [6.07, 6.45) is 0. The highest BCUT2D eigenvalue weighted by Crippen LogP contribution is 2.32. The maximum Gasteiger partial charge on any atom is 0.234 e. The second-order valence-corrected chi connectivity index (χ2v) is 8.18. The predicted octanol–water partition coefficient (Wildman–Crippen LogP) is 4.76. The quantitative estimate of drug-likeness (QED) is 0.411. The number of imidazole rings is 1. The van der Waals surface area contributed by atoms with Crippen LogP contribution in [0, 0.1) is 13.8 Å². The molecule has 0 atom stereocenters. The van der Waals surface area contributed by atoms with Crippen molar-refractivity contribution in [2.24, 2.45) is 0 Å². The zero-order chi connectivity index (χ0) is 22.7. The highest BCUT2D eigenvalue weighted by Gasteiger charge is 2.18. The first kappa shape index (κ1) is 21.7. The maximum absolute atomic E-state index is 12.7. The summed E-state index contributed by atoms with van der Waals surface area (Å²) in [5.74, 6) is 1.20. The summed E-state index contributed by atoms with van der Waals surface area (Å²) in [6, 6.07) is 17.3. The summed E-state index contributed by atoms with van der Waals surface area (Å²) in [6.45, 7) is 4.00. The van der Waals surface area contributed by atoms with Crippen molar-refractivity contribution in [2.75, 3.05) is 25.3 Å². The van der Waals surface area contributed by atoms with Gasteiger partial charge >= 0.3 is 0 Å². The van der Waals surface area contributed by atoms with Crippen molar-refractivity contribution >= 4 is 28.9 Å². The van der Waals surface area contributed by atoms with E-state index in [1.165, 1.54) is 11.8 Å². The molecule has 1 amide bonds. The lowest BCUT2D eigenvalue weighted by atomic mass is 10.1. The minimum atomic E-state index is -0.166. The van der Waals surface area contributed by atoms with Crippen molar-refractivity contribution in [3.05, 3.63) is 65.9 Å². The third-order valence-corrected chi connectivity index (χ3v) is 5.87. The molecule has 0 aliphatic heterocycles. The summed E-state index contributed by atoms with van der Waals surface area (Å²) < 4.78 is 12.4. The molecule has 0 aliphatic rings. The van der Waals surface area contributed by atoms with Crippen LogP contribution in [0.4, 0.5) is 5.69 Å². The molecule has 2 aromatic carbocycles. The highest BCUT2D eigenvalue weighted by molar-refractivity contribution is 7.99. The molecule has 7 nitrogen and oxygen atoms in total. The molecule has 0 radical (unpaired) electrons. The van der Waals surface area contributed by atoms with Gasteiger partial charge in [-0.1, -0.05) is 42.1 Å². The number of amides is 1. The van der Waals surface area contributed by atoms with Crippen LogP contribution in [0.3, 0.4) is 0 Å². The van der Waals surface area contributed by atoms with E-state index >= 15 is 0 Å². The second kappa shape index (κ2) is 9.32. The van der Waals surface area contributed by atoms with Crippen molar-refractivity contribution in [1.82, 2.24) is 14.6 Å². The first-order valence-corrected chi connectivity index (χ1v) is 11.1. The summed E-state index contributed by atoms with van der Waals surface area (Å²) in [5, 5.41) is 8.22. The third-order valence-electron chi connectivity index (χ3n) is 4.94. The number of aryl methyl sites for hydroxylation is 2. The fraction of sp³-hybridized carbons (Fsp3) is 0.208. The van der Waals surface area contributed by atoms with E-state index in [0.717, 1.165) is 28.0 Å². The molecule has 4 rings (SSSR count). The normalized spacial score (nSPS) is 10.9. The fourth-order valence-electron chi connectivity index (χ4n) is 3.52. The van der Waals surface area contributed by atoms with Gasteiger partial charge in [0.05, 0.1) is 42.6 Å². The van der Waals surface area contributed by atoms with Crippen LogP contribution in [0.1, 0.15) is 11.3 Å². The van der Waals surface area contributed by atoms with Crippen LogP contribution in [0.15, 0.2) is 59.8 Å². The second-order valence-electron chi connectivity index (χ2n) is 7.24. The number of nitrogens with one attached hydrogen (secondary N) is 1. The molecule has 4 aromatic rings. The summed E-state index contributed by atoms with van der Waals surface area (Å²) in [7, 11) is 3.14. The molecule has 0 spiro atoms. The number of hydrogen-bond acceptors (Lipinski definition) is 6. The number of carbonyl (C=O) groups is 1. The monoisotopic (exact) mass is 448 g/mol. The minimum Gasteiger partial charge on any atom is -0.497 e. The summed E-state index contributed by atoms with van der Waals surface area (Å²) in [5.41, 5.74) is 5.38. The van der Waals surface area contributed by atoms with Gasteiger partial charge in [0, 0.05) is 11.6 Å². The van der Waals surface area contributed by atoms with Gasteiger partial charge in [-0.05, 0) is 37.6 Å². The van der Waals surface area contributed by atoms with Crippen molar-refractivity contribution in [2.45, 2.75) is 19.0 Å². The number of methoxy groups -OCH3 is 2. The lowest BCUT2D eigenvalue weighted by Gasteiger charge is -2.11. The zero-order valence-corrected chi connectivity index (χ0v) is 19.2. The summed E-state index contributed by atoms with van der Waals surface area (Å²) >= 11 is 1.34. The molecule has 0 saturated carbocycles. The van der Waals surface area contributed by atoms with Gasteiger partial charge < -0.3 is 14.8 Å². The van der Waals surface area contributed by atoms with Gasteiger partial charge in [0.25, 0.3) is 0 Å². The van der Waals surface area contributed by atoms with E-state index in [1.54, 1.807) is 32.4 Å². The number of hydrogen-bond donors (Lipinski definition) is 1. The number of benzene rings is 2. The van der Waals surface area contributed by atoms with Crippen molar-refractivity contribution in [3.63, 3.8) is 0 Å². The van der Waals surface area contributed by atoms with Gasteiger partial charge in [-0.25, -0.2) is 9.50 Å². The molecular weight excluding hydrogens is 424 g/mol. The minimum absolute atomic E-state index is 0.166. The van der Waals surface area contributed by atoms with Crippen molar-refractivity contribution in [3.8, 4) is 22.8 Å². The Morgan fingerprint density at radius 1 is 1.06 bits per heavy atom. The predicted molar refractivity (Wildman–Crippen MR) is 127 cm³/mol. The molecule has 0 bridgehead atoms. The van der Waals surface area contributed by atoms with Crippen molar-refractivity contribution < 1.29 is 14.3 Å². The summed E-state index contributed by atoms with van der Waals surface area (Å²) in [4.78, 5) is 17.5. The number of thioether (sulfide) groups is 1. The number of rotatable bonds is 7. The Hall–Kier alpha value is -3.52. The Bertz CT molecular complexity index is 1270. The number of aromatic nitrogens is 3. The molecule has 0 fully saturated rings. The average Bonchev–Trinajstić information content (AvgIpc) is 3.17. The van der Waals surface area contributed by atoms with Crippen LogP contribution in [0.5, 0.6) is 11.5 Å². The fourth-order valence-corrected chi connectivity index (χ4v) is 4.26. The molecule has 0 aliphatic carbocycles. The molecule has 32 heavy (non-hydrogen) atoms. The van der Waals surface area contributed by atoms with Gasteiger partial charge in [0.15, 0.2) is 5.16 Å². The van der Waals surface area contributed by atoms with E-state index in [0.29, 0.717) is 22.3 Å². The van der Waals surface area contributed by atoms with Crippen LogP contribution in [-0.4, -0.2) is 40.5 Å². The number of nitrogens with zero attached hydrogens (tertiary/aromatic N) is 3. The first-order chi connectivity index (χ1) is 15.5. The smallest absolute Gasteiger partial charge is 0.234 e. The Balaban J connectivity index is 1.59. The van der Waals surface area contributed by atoms with Crippen LogP contribution < -0.4 is 14.8 Å². The Labute approximate surface area is 190 Å². The van der Waals surface area contributed by atoms with E-state index in [9.17, 15) is 4.79 Å². The van der Waals surface area contributed by atoms with Crippen LogP contribution >= 0.6 is 11.8 Å². The Morgan fingerprint density at radius 3 is 2.56 bits per heavy atom. The molecule has 164 valence electrons. The standard InChI is InChI=1S/C24H24N4O3S/c1-15-12-16(2)27-28-23(15)22(17-8-6-5-7-9-17)26-24(28)32-14-21(29)25-19-11-10-18(30-3)13-20(19)31-4/h5-13H,14H2,1-4H3,(H,25,29). The largest absolute Gasteiger partial charge is 0.497 e. The maximum atomic E-state index is 12.7. The van der Waals surface area contributed by atoms with Crippen LogP contribution in [0.25, 0.3) is 16.8 Å². The lowest BCUT2D eigenvalue weighted by molar-refractivity contribution is -0.113. The van der Waals surface area contributed by atoms with Crippen LogP contribution in [0.2, 0.25) is 0 Å².